The molecule has 0 aliphatic heterocycles. The summed E-state index contributed by atoms with van der Waals surface area (Å²) in [5.41, 5.74) is 3.32. The van der Waals surface area contributed by atoms with Crippen LogP contribution in [0.3, 0.4) is 0 Å². The monoisotopic (exact) mass is 315 g/mol. The fourth-order valence-electron chi connectivity index (χ4n) is 2.14. The second-order valence-corrected chi connectivity index (χ2v) is 4.85. The smallest absolute Gasteiger partial charge is 0.119 e. The van der Waals surface area contributed by atoms with Crippen LogP contribution in [0.1, 0.15) is 5.56 Å². The second kappa shape index (κ2) is 8.51. The maximum absolute atomic E-state index is 9.31. The summed E-state index contributed by atoms with van der Waals surface area (Å²) in [7, 11) is 0. The zero-order valence-electron chi connectivity index (χ0n) is 12.6. The molecule has 0 spiro atoms. The van der Waals surface area contributed by atoms with Gasteiger partial charge in [0.05, 0.1) is 0 Å². The van der Waals surface area contributed by atoms with Crippen molar-refractivity contribution < 1.29 is 9.84 Å². The second-order valence-electron chi connectivity index (χ2n) is 4.85. The van der Waals surface area contributed by atoms with E-state index < -0.39 is 0 Å². The normalized spacial score (nSPS) is 9.82. The third-order valence-corrected chi connectivity index (χ3v) is 3.30. The zero-order valence-corrected chi connectivity index (χ0v) is 15.7. The minimum Gasteiger partial charge on any atom is -0.508 e. The van der Waals surface area contributed by atoms with E-state index in [-0.39, 0.29) is 57.1 Å². The summed E-state index contributed by atoms with van der Waals surface area (Å²) in [5, 5.41) is 9.31. The molecule has 0 amide bonds. The van der Waals surface area contributed by atoms with Gasteiger partial charge < -0.3 is 9.84 Å². The van der Waals surface area contributed by atoms with E-state index in [0.29, 0.717) is 6.61 Å². The molecule has 0 saturated heterocycles. The van der Waals surface area contributed by atoms with Gasteiger partial charge in [0.15, 0.2) is 0 Å². The van der Waals surface area contributed by atoms with Crippen LogP contribution in [0.5, 0.6) is 11.5 Å². The van der Waals surface area contributed by atoms with Crippen LogP contribution in [0.4, 0.5) is 0 Å². The Balaban J connectivity index is 0.00000176. The van der Waals surface area contributed by atoms with Crippen molar-refractivity contribution in [1.82, 2.24) is 0 Å². The Labute approximate surface area is 173 Å². The van der Waals surface area contributed by atoms with Crippen LogP contribution < -0.4 is 4.74 Å². The molecule has 1 N–H and O–H groups in total. The Kier molecular flexibility index (Phi) is 6.67. The van der Waals surface area contributed by atoms with Crippen LogP contribution in [-0.2, 0) is 6.61 Å². The van der Waals surface area contributed by atoms with Gasteiger partial charge in [-0.05, 0) is 41.0 Å². The molecule has 0 bridgehead atoms. The van der Waals surface area contributed by atoms with Gasteiger partial charge in [-0.3, -0.25) is 0 Å². The van der Waals surface area contributed by atoms with E-state index in [0.717, 1.165) is 22.4 Å². The van der Waals surface area contributed by atoms with Crippen molar-refractivity contribution in [2.24, 2.45) is 0 Å². The molecule has 1 radical (unpaired) electrons. The van der Waals surface area contributed by atoms with Crippen molar-refractivity contribution in [2.75, 3.05) is 0 Å². The Morgan fingerprint density at radius 2 is 1.23 bits per heavy atom. The van der Waals surface area contributed by atoms with E-state index in [1.54, 1.807) is 12.1 Å². The van der Waals surface area contributed by atoms with E-state index in [1.807, 2.05) is 66.7 Å². The number of hydrogen-bond acceptors (Lipinski definition) is 2. The molecule has 22 heavy (non-hydrogen) atoms. The number of phenolic OH excluding ortho intramolecular Hbond substituents is 1. The molecular weight excluding hydrogens is 299 g/mol. The molecule has 0 aliphatic rings. The molecule has 0 fully saturated rings. The van der Waals surface area contributed by atoms with Crippen LogP contribution in [0.15, 0.2) is 78.9 Å². The predicted octanol–water partition coefficient (Wildman–Crippen LogP) is 4.26. The van der Waals surface area contributed by atoms with Crippen LogP contribution >= 0.6 is 0 Å². The number of benzene rings is 3. The molecule has 2 nitrogen and oxygen atoms in total. The first-order chi connectivity index (χ1) is 10.3. The largest absolute Gasteiger partial charge is 0.508 e. The first-order valence-corrected chi connectivity index (χ1v) is 6.87. The van der Waals surface area contributed by atoms with Crippen LogP contribution in [0.25, 0.3) is 11.1 Å². The van der Waals surface area contributed by atoms with Gasteiger partial charge >= 0.3 is 0 Å². The predicted molar refractivity (Wildman–Crippen MR) is 90.1 cm³/mol. The fourth-order valence-corrected chi connectivity index (χ4v) is 2.14. The summed E-state index contributed by atoms with van der Waals surface area (Å²) in [6, 6.07) is 25.2. The summed E-state index contributed by atoms with van der Waals surface area (Å²) in [4.78, 5) is 0. The van der Waals surface area contributed by atoms with E-state index in [2.05, 4.69) is 0 Å². The van der Waals surface area contributed by atoms with Gasteiger partial charge in [-0.15, -0.1) is 0 Å². The van der Waals surface area contributed by atoms with E-state index in [9.17, 15) is 5.11 Å². The minimum absolute atomic E-state index is 0. The van der Waals surface area contributed by atoms with Gasteiger partial charge in [-0.2, -0.15) is 0 Å². The topological polar surface area (TPSA) is 29.5 Å². The van der Waals surface area contributed by atoms with Gasteiger partial charge in [0.2, 0.25) is 0 Å². The molecule has 0 aliphatic carbocycles. The average molecular weight is 315 g/mol. The maximum Gasteiger partial charge on any atom is 0.119 e. The number of aromatic hydroxyl groups is 1. The summed E-state index contributed by atoms with van der Waals surface area (Å²) in [6.45, 7) is 0.569. The average Bonchev–Trinajstić information content (AvgIpc) is 2.55. The molecule has 105 valence electrons. The summed E-state index contributed by atoms with van der Waals surface area (Å²) < 4.78 is 5.76. The van der Waals surface area contributed by atoms with Gasteiger partial charge in [0, 0.05) is 51.4 Å². The number of hydrogen-bond donors (Lipinski definition) is 1. The molecule has 3 aromatic rings. The number of rotatable bonds is 4. The van der Waals surface area contributed by atoms with E-state index >= 15 is 0 Å². The summed E-state index contributed by atoms with van der Waals surface area (Å²) in [6.07, 6.45) is 0. The molecule has 3 aromatic carbocycles. The first kappa shape index (κ1) is 17.3. The number of phenols is 1. The third-order valence-electron chi connectivity index (χ3n) is 3.30. The molecule has 0 unspecified atom stereocenters. The SMILES string of the molecule is Oc1ccc(-c2ccc(OCc3ccccc3)cc2)cc1.[K]. The summed E-state index contributed by atoms with van der Waals surface area (Å²) in [5.74, 6) is 1.13. The molecule has 0 aromatic heterocycles. The van der Waals surface area contributed by atoms with Crippen molar-refractivity contribution in [3.05, 3.63) is 84.4 Å². The van der Waals surface area contributed by atoms with Crippen molar-refractivity contribution in [3.8, 4) is 22.6 Å². The van der Waals surface area contributed by atoms with Gasteiger partial charge in [0.25, 0.3) is 0 Å². The van der Waals surface area contributed by atoms with Crippen LogP contribution in [0, 0.1) is 0 Å². The first-order valence-electron chi connectivity index (χ1n) is 6.87. The van der Waals surface area contributed by atoms with E-state index in [4.69, 9.17) is 4.74 Å². The van der Waals surface area contributed by atoms with Crippen LogP contribution in [0.2, 0.25) is 0 Å². The van der Waals surface area contributed by atoms with Gasteiger partial charge in [-0.1, -0.05) is 54.6 Å². The quantitative estimate of drug-likeness (QED) is 0.729. The standard InChI is InChI=1S/C19H16O2.K/c20-18-10-6-16(7-11-18)17-8-12-19(13-9-17)21-14-15-4-2-1-3-5-15;/h1-13,20H,14H2;. The Hall–Kier alpha value is -1.10. The van der Waals surface area contributed by atoms with E-state index in [1.165, 1.54) is 0 Å². The van der Waals surface area contributed by atoms with Crippen molar-refractivity contribution in [3.63, 3.8) is 0 Å². The summed E-state index contributed by atoms with van der Waals surface area (Å²) >= 11 is 0. The molecule has 0 atom stereocenters. The Morgan fingerprint density at radius 1 is 0.682 bits per heavy atom. The molecule has 0 saturated carbocycles. The third kappa shape index (κ3) is 4.70. The van der Waals surface area contributed by atoms with Gasteiger partial charge in [-0.25, -0.2) is 0 Å². The van der Waals surface area contributed by atoms with Crippen molar-refractivity contribution in [1.29, 1.82) is 0 Å². The molecule has 3 rings (SSSR count). The number of ether oxygens (including phenoxy) is 1. The molecule has 0 heterocycles. The fraction of sp³-hybridized carbons (Fsp3) is 0.0526. The van der Waals surface area contributed by atoms with Crippen molar-refractivity contribution in [2.45, 2.75) is 6.61 Å². The Bertz CT molecular complexity index is 692. The zero-order chi connectivity index (χ0) is 14.5. The minimum atomic E-state index is 0. The van der Waals surface area contributed by atoms with Gasteiger partial charge in [0.1, 0.15) is 18.1 Å². The Morgan fingerprint density at radius 3 is 1.82 bits per heavy atom. The molecule has 3 heteroatoms. The van der Waals surface area contributed by atoms with Crippen LogP contribution in [-0.4, -0.2) is 56.5 Å². The molecular formula is C19H16KO2. The maximum atomic E-state index is 9.31. The van der Waals surface area contributed by atoms with Crippen molar-refractivity contribution >= 4 is 51.4 Å².